The van der Waals surface area contributed by atoms with Crippen molar-refractivity contribution in [1.29, 1.82) is 0 Å². The number of thioether (sulfide) groups is 1. The third kappa shape index (κ3) is 4.86. The summed E-state index contributed by atoms with van der Waals surface area (Å²) in [5.74, 6) is 1.54. The standard InChI is InChI=1S/C17H14ClN5OS3/c18-13-6-2-1-5-12(13)15-20-14(24-23-15)10-26-17-22-21-16(27-17)19-8-7-11-4-3-9-25-11/h1-6,9H,7-8,10H2,(H,19,21). The second kappa shape index (κ2) is 8.83. The summed E-state index contributed by atoms with van der Waals surface area (Å²) in [6.45, 7) is 0.838. The zero-order valence-corrected chi connectivity index (χ0v) is 17.2. The second-order valence-corrected chi connectivity index (χ2v) is 9.05. The molecule has 138 valence electrons. The van der Waals surface area contributed by atoms with Crippen molar-refractivity contribution >= 4 is 51.2 Å². The molecule has 0 fully saturated rings. The minimum absolute atomic E-state index is 0.490. The van der Waals surface area contributed by atoms with Crippen LogP contribution in [0.1, 0.15) is 10.8 Å². The first kappa shape index (κ1) is 18.4. The van der Waals surface area contributed by atoms with E-state index in [1.165, 1.54) is 28.0 Å². The summed E-state index contributed by atoms with van der Waals surface area (Å²) in [5.41, 5.74) is 0.757. The molecule has 27 heavy (non-hydrogen) atoms. The van der Waals surface area contributed by atoms with Crippen LogP contribution in [0.25, 0.3) is 11.4 Å². The van der Waals surface area contributed by atoms with Crippen molar-refractivity contribution in [3.8, 4) is 11.4 Å². The van der Waals surface area contributed by atoms with Crippen molar-refractivity contribution in [2.45, 2.75) is 16.5 Å². The van der Waals surface area contributed by atoms with Crippen molar-refractivity contribution < 1.29 is 4.52 Å². The molecule has 0 bridgehead atoms. The van der Waals surface area contributed by atoms with Crippen LogP contribution in [0.15, 0.2) is 50.6 Å². The van der Waals surface area contributed by atoms with Gasteiger partial charge in [-0.1, -0.05) is 58.1 Å². The Morgan fingerprint density at radius 2 is 2.07 bits per heavy atom. The SMILES string of the molecule is Clc1ccccc1-c1noc(CSc2nnc(NCCc3cccs3)s2)n1. The topological polar surface area (TPSA) is 76.7 Å². The molecule has 4 rings (SSSR count). The highest BCUT2D eigenvalue weighted by molar-refractivity contribution is 8.00. The molecule has 0 amide bonds. The summed E-state index contributed by atoms with van der Waals surface area (Å²) >= 11 is 11.0. The van der Waals surface area contributed by atoms with E-state index in [0.717, 1.165) is 28.0 Å². The Balaban J connectivity index is 1.29. The van der Waals surface area contributed by atoms with Crippen LogP contribution >= 0.6 is 46.0 Å². The molecule has 0 saturated carbocycles. The van der Waals surface area contributed by atoms with Gasteiger partial charge in [-0.05, 0) is 30.0 Å². The largest absolute Gasteiger partial charge is 0.360 e. The van der Waals surface area contributed by atoms with Gasteiger partial charge in [-0.25, -0.2) is 0 Å². The van der Waals surface area contributed by atoms with Gasteiger partial charge in [0.05, 0.1) is 10.8 Å². The lowest BCUT2D eigenvalue weighted by atomic mass is 10.2. The summed E-state index contributed by atoms with van der Waals surface area (Å²) in [5, 5.41) is 19.2. The summed E-state index contributed by atoms with van der Waals surface area (Å²) in [6.07, 6.45) is 0.979. The lowest BCUT2D eigenvalue weighted by Crippen LogP contribution is -2.03. The summed E-state index contributed by atoms with van der Waals surface area (Å²) in [4.78, 5) is 5.75. The van der Waals surface area contributed by atoms with E-state index >= 15 is 0 Å². The Morgan fingerprint density at radius 1 is 1.15 bits per heavy atom. The summed E-state index contributed by atoms with van der Waals surface area (Å²) < 4.78 is 6.16. The van der Waals surface area contributed by atoms with E-state index in [1.807, 2.05) is 18.2 Å². The third-order valence-corrected chi connectivity index (χ3v) is 6.80. The molecule has 0 aliphatic carbocycles. The molecule has 3 heterocycles. The highest BCUT2D eigenvalue weighted by Gasteiger charge is 2.13. The Morgan fingerprint density at radius 3 is 2.93 bits per heavy atom. The molecule has 0 radical (unpaired) electrons. The number of thiophene rings is 1. The maximum Gasteiger partial charge on any atom is 0.237 e. The molecule has 1 N–H and O–H groups in total. The first-order chi connectivity index (χ1) is 13.3. The van der Waals surface area contributed by atoms with Gasteiger partial charge < -0.3 is 9.84 Å². The number of nitrogens with zero attached hydrogens (tertiary/aromatic N) is 4. The Bertz CT molecular complexity index is 1000. The fraction of sp³-hybridized carbons (Fsp3) is 0.176. The van der Waals surface area contributed by atoms with Crippen molar-refractivity contribution in [2.75, 3.05) is 11.9 Å². The number of rotatable bonds is 8. The van der Waals surface area contributed by atoms with Gasteiger partial charge in [0.25, 0.3) is 0 Å². The first-order valence-corrected chi connectivity index (χ1v) is 11.1. The number of hydrogen-bond donors (Lipinski definition) is 1. The molecule has 0 saturated heterocycles. The van der Waals surface area contributed by atoms with Gasteiger partial charge in [-0.3, -0.25) is 0 Å². The van der Waals surface area contributed by atoms with Crippen molar-refractivity contribution in [1.82, 2.24) is 20.3 Å². The molecular formula is C17H14ClN5OS3. The van der Waals surface area contributed by atoms with Gasteiger partial charge in [0.2, 0.25) is 16.8 Å². The molecule has 3 aromatic heterocycles. The third-order valence-electron chi connectivity index (χ3n) is 3.54. The number of hydrogen-bond acceptors (Lipinski definition) is 9. The van der Waals surface area contributed by atoms with Crippen LogP contribution in [0, 0.1) is 0 Å². The van der Waals surface area contributed by atoms with Crippen molar-refractivity contribution in [2.24, 2.45) is 0 Å². The minimum atomic E-state index is 0.490. The van der Waals surface area contributed by atoms with Crippen LogP contribution in [-0.4, -0.2) is 26.9 Å². The molecule has 0 unspecified atom stereocenters. The molecular weight excluding hydrogens is 422 g/mol. The molecule has 0 aliphatic rings. The van der Waals surface area contributed by atoms with E-state index in [9.17, 15) is 0 Å². The molecule has 0 spiro atoms. The Labute approximate surface area is 173 Å². The predicted molar refractivity (Wildman–Crippen MR) is 111 cm³/mol. The van der Waals surface area contributed by atoms with Crippen molar-refractivity contribution in [3.05, 3.63) is 57.6 Å². The molecule has 10 heteroatoms. The molecule has 1 aromatic carbocycles. The maximum atomic E-state index is 6.17. The van der Waals surface area contributed by atoms with E-state index < -0.39 is 0 Å². The van der Waals surface area contributed by atoms with Gasteiger partial charge in [0.15, 0.2) is 4.34 Å². The lowest BCUT2D eigenvalue weighted by molar-refractivity contribution is 0.391. The Kier molecular flexibility index (Phi) is 6.03. The highest BCUT2D eigenvalue weighted by Crippen LogP contribution is 2.29. The average Bonchev–Trinajstić information content (AvgIpc) is 3.43. The minimum Gasteiger partial charge on any atom is -0.360 e. The molecule has 0 aliphatic heterocycles. The van der Waals surface area contributed by atoms with Crippen LogP contribution in [-0.2, 0) is 12.2 Å². The van der Waals surface area contributed by atoms with E-state index in [4.69, 9.17) is 16.1 Å². The molecule has 0 atom stereocenters. The zero-order valence-electron chi connectivity index (χ0n) is 14.0. The number of benzene rings is 1. The van der Waals surface area contributed by atoms with Crippen LogP contribution in [0.2, 0.25) is 5.02 Å². The number of aromatic nitrogens is 4. The summed E-state index contributed by atoms with van der Waals surface area (Å²) in [7, 11) is 0. The van der Waals surface area contributed by atoms with E-state index in [-0.39, 0.29) is 0 Å². The average molecular weight is 436 g/mol. The molecule has 6 nitrogen and oxygen atoms in total. The van der Waals surface area contributed by atoms with Crippen LogP contribution in [0.4, 0.5) is 5.13 Å². The van der Waals surface area contributed by atoms with Crippen LogP contribution in [0.5, 0.6) is 0 Å². The first-order valence-electron chi connectivity index (χ1n) is 8.08. The van der Waals surface area contributed by atoms with Crippen LogP contribution in [0.3, 0.4) is 0 Å². The maximum absolute atomic E-state index is 6.17. The lowest BCUT2D eigenvalue weighted by Gasteiger charge is -1.98. The van der Waals surface area contributed by atoms with E-state index in [0.29, 0.717) is 22.5 Å². The highest BCUT2D eigenvalue weighted by atomic mass is 35.5. The van der Waals surface area contributed by atoms with Gasteiger partial charge in [0, 0.05) is 17.0 Å². The Hall–Kier alpha value is -1.94. The van der Waals surface area contributed by atoms with Crippen molar-refractivity contribution in [3.63, 3.8) is 0 Å². The van der Waals surface area contributed by atoms with Gasteiger partial charge in [-0.2, -0.15) is 4.98 Å². The number of halogens is 1. The van der Waals surface area contributed by atoms with E-state index in [2.05, 4.69) is 43.2 Å². The number of nitrogens with one attached hydrogen (secondary N) is 1. The fourth-order valence-corrected chi connectivity index (χ4v) is 4.82. The molecule has 4 aromatic rings. The normalized spacial score (nSPS) is 11.0. The summed E-state index contributed by atoms with van der Waals surface area (Å²) in [6, 6.07) is 11.6. The monoisotopic (exact) mass is 435 g/mol. The van der Waals surface area contributed by atoms with E-state index in [1.54, 1.807) is 17.4 Å². The predicted octanol–water partition coefficient (Wildman–Crippen LogP) is 5.25. The van der Waals surface area contributed by atoms with Gasteiger partial charge in [0.1, 0.15) is 0 Å². The quantitative estimate of drug-likeness (QED) is 0.378. The van der Waals surface area contributed by atoms with Crippen LogP contribution < -0.4 is 5.32 Å². The number of anilines is 1. The zero-order chi connectivity index (χ0) is 18.5. The second-order valence-electron chi connectivity index (χ2n) is 5.41. The van der Waals surface area contributed by atoms with Gasteiger partial charge >= 0.3 is 0 Å². The smallest absolute Gasteiger partial charge is 0.237 e. The van der Waals surface area contributed by atoms with Gasteiger partial charge in [-0.15, -0.1) is 21.5 Å². The fourth-order valence-electron chi connectivity index (χ4n) is 2.28.